The van der Waals surface area contributed by atoms with Gasteiger partial charge in [-0.25, -0.2) is 13.2 Å². The van der Waals surface area contributed by atoms with Crippen LogP contribution in [0, 0.1) is 11.8 Å². The fraction of sp³-hybridized carbons (Fsp3) is 0.841. The van der Waals surface area contributed by atoms with Crippen molar-refractivity contribution < 1.29 is 46.4 Å². The van der Waals surface area contributed by atoms with E-state index in [9.17, 15) is 18.0 Å². The van der Waals surface area contributed by atoms with E-state index < -0.39 is 9.84 Å². The van der Waals surface area contributed by atoms with Crippen LogP contribution in [-0.4, -0.2) is 191 Å². The van der Waals surface area contributed by atoms with Gasteiger partial charge in [-0.3, -0.25) is 4.79 Å². The number of piperidine rings is 1. The zero-order valence-electron chi connectivity index (χ0n) is 71.8. The molecule has 3 N–H and O–H groups in total. The summed E-state index contributed by atoms with van der Waals surface area (Å²) < 4.78 is 51.8. The summed E-state index contributed by atoms with van der Waals surface area (Å²) in [7, 11) is 0.977. The van der Waals surface area contributed by atoms with Crippen molar-refractivity contribution in [3.05, 3.63) is 59.7 Å². The highest BCUT2D eigenvalue weighted by atomic mass is 32.2. The predicted octanol–water partition coefficient (Wildman–Crippen LogP) is 23.0. The van der Waals surface area contributed by atoms with Gasteiger partial charge in [0.2, 0.25) is 5.91 Å². The van der Waals surface area contributed by atoms with E-state index in [0.29, 0.717) is 37.2 Å². The van der Waals surface area contributed by atoms with Crippen molar-refractivity contribution >= 4 is 45.4 Å². The molecule has 10 saturated heterocycles. The van der Waals surface area contributed by atoms with Crippen LogP contribution in [0.5, 0.6) is 11.5 Å². The number of carbonyl (C=O) groups is 2. The molecule has 11 aliphatic heterocycles. The Bertz CT molecular complexity index is 1780. The highest BCUT2D eigenvalue weighted by Crippen LogP contribution is 2.40. The number of amides is 2. The Hall–Kier alpha value is -2.81. The number of nitrogens with zero attached hydrogens (tertiary/aromatic N) is 2. The standard InChI is InChI=1S/C10H12.C8H8O2.C6H13N.C6H12O.C5H9NO.C5H9N.C5H10O2S.2C5H10O.C5H10S.C4H7NO2.C4H9NS.9C2H6.2CH4/c1-2-6-10-8-4-3-7-9(10)5-1;1-2-4-8-7(3-1)9-5-6-10-8;2*1-2-4-6-7-5-3-1;1-6-4-2-3-5(6)7;1-4-2-6-3-5(1)4;6-8(7)4-2-1-3-5-8;3*1-2-4-6-5-3-1;1-5-2-3-7-4(5)6;1-3-6-4-2-5-1;9*1-2;;/h1-2,5-6H,3-4,7-8H2;1-4H,5-6H2;7H,1-6H2;1-6H2;2-4H2,1H3;4-6H,1-3H2;1-5H2;3*1-5H2;2-3H2,1H3;5H,1-4H2;9*1-2H3;2*1H4. The van der Waals surface area contributed by atoms with Crippen molar-refractivity contribution in [3.8, 4) is 11.5 Å². The van der Waals surface area contributed by atoms with Gasteiger partial charge in [0.1, 0.15) is 29.7 Å². The number of hydrogen-bond acceptors (Lipinski definition) is 15. The Kier molecular flexibility index (Phi) is 112. The second kappa shape index (κ2) is 100. The van der Waals surface area contributed by atoms with Gasteiger partial charge < -0.3 is 54.2 Å². The van der Waals surface area contributed by atoms with E-state index in [4.69, 9.17) is 23.7 Å². The topological polar surface area (TPSA) is 166 Å². The third kappa shape index (κ3) is 79.3. The molecule has 13 aliphatic rings. The molecule has 0 aromatic heterocycles. The molecule has 1 saturated carbocycles. The van der Waals surface area contributed by atoms with Crippen molar-refractivity contribution in [3.63, 3.8) is 0 Å². The Balaban J connectivity index is -0.000000162. The molecule has 11 heterocycles. The number of ether oxygens (including phenoxy) is 6. The number of nitrogens with one attached hydrogen (secondary N) is 3. The number of benzene rings is 2. The third-order valence-electron chi connectivity index (χ3n) is 16.1. The zero-order valence-corrected chi connectivity index (χ0v) is 74.3. The van der Waals surface area contributed by atoms with Crippen LogP contribution in [0.3, 0.4) is 0 Å². The number of cyclic esters (lactones) is 1. The molecular weight excluding hydrogens is 1380 g/mol. The molecule has 0 radical (unpaired) electrons. The van der Waals surface area contributed by atoms with Crippen LogP contribution in [0.15, 0.2) is 48.5 Å². The SMILES string of the molecule is C.C.C1CCCNCC1.C1CCCOCC1.C1CCOCC1.C1CCOCC1.C1CCSCC1.C1CSCCN1.C1NCC2CC12.CC.CC.CC.CC.CC.CC.CC.CC.CC.CN1CCCC1=O.CN1CCOC1=O.O=S1(=O)CCCCC1.c1ccc2c(c1)CCCC2.c1ccc2c(c1)OCCO2. The van der Waals surface area contributed by atoms with Crippen LogP contribution in [0.4, 0.5) is 4.79 Å². The van der Waals surface area contributed by atoms with E-state index in [1.54, 1.807) is 28.0 Å². The Morgan fingerprint density at radius 1 is 0.358 bits per heavy atom. The lowest BCUT2D eigenvalue weighted by Gasteiger charge is -2.17. The van der Waals surface area contributed by atoms with Crippen molar-refractivity contribution in [1.29, 1.82) is 0 Å². The van der Waals surface area contributed by atoms with Gasteiger partial charge in [-0.2, -0.15) is 23.5 Å². The first kappa shape index (κ1) is 119. The monoisotopic (exact) mass is 1560 g/mol. The van der Waals surface area contributed by atoms with E-state index >= 15 is 0 Å². The fourth-order valence-corrected chi connectivity index (χ4v) is 13.8. The molecule has 2 unspecified atom stereocenters. The van der Waals surface area contributed by atoms with Crippen LogP contribution in [0.2, 0.25) is 0 Å². The first-order valence-electron chi connectivity index (χ1n) is 43.0. The van der Waals surface area contributed by atoms with Gasteiger partial charge in [0, 0.05) is 91.3 Å². The van der Waals surface area contributed by atoms with Gasteiger partial charge in [-0.15, -0.1) is 0 Å². The van der Waals surface area contributed by atoms with Crippen LogP contribution < -0.4 is 25.4 Å². The largest absolute Gasteiger partial charge is 0.486 e. The molecular formula is C88H181N5O10S3. The molecule has 2 atom stereocenters. The number of fused-ring (bicyclic) bond motifs is 3. The highest BCUT2D eigenvalue weighted by molar-refractivity contribution is 7.99. The van der Waals surface area contributed by atoms with Gasteiger partial charge in [-0.05, 0) is 201 Å². The molecule has 15 rings (SSSR count). The predicted molar refractivity (Wildman–Crippen MR) is 475 cm³/mol. The van der Waals surface area contributed by atoms with Crippen LogP contribution in [0.25, 0.3) is 0 Å². The molecule has 11 fully saturated rings. The van der Waals surface area contributed by atoms with Crippen molar-refractivity contribution in [2.24, 2.45) is 11.8 Å². The summed E-state index contributed by atoms with van der Waals surface area (Å²) >= 11 is 4.13. The van der Waals surface area contributed by atoms with Crippen LogP contribution >= 0.6 is 23.5 Å². The van der Waals surface area contributed by atoms with Gasteiger partial charge in [-0.1, -0.05) is 214 Å². The fourth-order valence-electron chi connectivity index (χ4n) is 10.5. The number of likely N-dealkylation sites (N-methyl/N-ethyl adjacent to an activating group) is 1. The van der Waals surface area contributed by atoms with Crippen LogP contribution in [-0.2, 0) is 46.4 Å². The smallest absolute Gasteiger partial charge is 0.409 e. The first-order valence-corrected chi connectivity index (χ1v) is 47.1. The summed E-state index contributed by atoms with van der Waals surface area (Å²) in [6.45, 7) is 53.1. The number of rotatable bonds is 0. The second-order valence-corrected chi connectivity index (χ2v) is 28.5. The molecule has 2 aliphatic carbocycles. The lowest BCUT2D eigenvalue weighted by Crippen LogP contribution is -2.24. The molecule has 2 amide bonds. The zero-order chi connectivity index (χ0) is 79.1. The maximum absolute atomic E-state index is 10.7. The lowest BCUT2D eigenvalue weighted by atomic mass is 9.92. The molecule has 15 nitrogen and oxygen atoms in total. The van der Waals surface area contributed by atoms with Crippen molar-refractivity contribution in [2.75, 3.05) is 160 Å². The molecule has 636 valence electrons. The molecule has 106 heavy (non-hydrogen) atoms. The number of sulfone groups is 1. The average Bonchev–Trinajstić information content (AvgIpc) is 1.67. The Morgan fingerprint density at radius 2 is 0.717 bits per heavy atom. The number of likely N-dealkylation sites (tertiary alicyclic amines) is 1. The number of aryl methyl sites for hydroxylation is 2. The maximum atomic E-state index is 10.7. The van der Waals surface area contributed by atoms with Gasteiger partial charge in [0.25, 0.3) is 0 Å². The van der Waals surface area contributed by atoms with Gasteiger partial charge in [0.05, 0.1) is 18.1 Å². The number of hydrogen-bond donors (Lipinski definition) is 3. The molecule has 2 aromatic rings. The van der Waals surface area contributed by atoms with E-state index in [0.717, 1.165) is 108 Å². The van der Waals surface area contributed by atoms with Crippen molar-refractivity contribution in [1.82, 2.24) is 25.8 Å². The summed E-state index contributed by atoms with van der Waals surface area (Å²) in [6, 6.07) is 16.5. The molecule has 0 bridgehead atoms. The summed E-state index contributed by atoms with van der Waals surface area (Å²) in [5.74, 6) is 10.5. The minimum Gasteiger partial charge on any atom is -0.486 e. The highest BCUT2D eigenvalue weighted by Gasteiger charge is 2.40. The normalized spacial score (nSPS) is 19.8. The van der Waals surface area contributed by atoms with Crippen molar-refractivity contribution in [2.45, 2.75) is 313 Å². The molecule has 18 heteroatoms. The summed E-state index contributed by atoms with van der Waals surface area (Å²) in [5, 5.41) is 9.93. The minimum atomic E-state index is -2.58. The number of thioether (sulfide) groups is 2. The van der Waals surface area contributed by atoms with Crippen LogP contribution in [0.1, 0.15) is 311 Å². The maximum Gasteiger partial charge on any atom is 0.409 e. The second-order valence-electron chi connectivity index (χ2n) is 23.8. The Labute approximate surface area is 669 Å². The quantitative estimate of drug-likeness (QED) is 0.228. The van der Waals surface area contributed by atoms with E-state index in [-0.39, 0.29) is 20.9 Å². The first-order chi connectivity index (χ1) is 51.2. The summed E-state index contributed by atoms with van der Waals surface area (Å²) in [4.78, 5) is 24.1. The van der Waals surface area contributed by atoms with E-state index in [2.05, 4.69) is 56.7 Å². The van der Waals surface area contributed by atoms with Gasteiger partial charge >= 0.3 is 6.09 Å². The number of carbonyl (C=O) groups excluding carboxylic acids is 2. The minimum absolute atomic E-state index is 0. The van der Waals surface area contributed by atoms with E-state index in [1.165, 1.54) is 204 Å². The lowest BCUT2D eigenvalue weighted by molar-refractivity contribution is -0.126. The van der Waals surface area contributed by atoms with E-state index in [1.807, 2.05) is 168 Å². The number of para-hydroxylation sites is 2. The van der Waals surface area contributed by atoms with Gasteiger partial charge in [0.15, 0.2) is 11.5 Å². The Morgan fingerprint density at radius 3 is 0.953 bits per heavy atom. The summed E-state index contributed by atoms with van der Waals surface area (Å²) in [6.07, 6.45) is 34.6. The molecule has 2 aromatic carbocycles. The molecule has 0 spiro atoms. The average molecular weight is 1570 g/mol. The summed E-state index contributed by atoms with van der Waals surface area (Å²) in [5.41, 5.74) is 3.16. The third-order valence-corrected chi connectivity index (χ3v) is 20.1.